The fourth-order valence-corrected chi connectivity index (χ4v) is 1.62. The summed E-state index contributed by atoms with van der Waals surface area (Å²) >= 11 is 0. The number of hydrogen-bond donors (Lipinski definition) is 1. The van der Waals surface area contributed by atoms with E-state index in [0.717, 1.165) is 29.5 Å². The van der Waals surface area contributed by atoms with E-state index in [1.54, 1.807) is 6.07 Å². The smallest absolute Gasteiger partial charge is 0.118 e. The first-order chi connectivity index (χ1) is 7.15. The van der Waals surface area contributed by atoms with Crippen LogP contribution in [0, 0.1) is 0 Å². The van der Waals surface area contributed by atoms with E-state index in [2.05, 4.69) is 13.5 Å². The number of rotatable bonds is 5. The van der Waals surface area contributed by atoms with Gasteiger partial charge in [0.2, 0.25) is 0 Å². The second kappa shape index (κ2) is 5.59. The normalized spacial score (nSPS) is 10.3. The zero-order chi connectivity index (χ0) is 11.3. The number of hydrogen-bond acceptors (Lipinski definition) is 1. The van der Waals surface area contributed by atoms with Crippen molar-refractivity contribution in [2.24, 2.45) is 0 Å². The number of aromatic hydroxyl groups is 1. The number of allylic oxidation sites excluding steroid dienone is 1. The van der Waals surface area contributed by atoms with E-state index in [-0.39, 0.29) is 0 Å². The number of unbranched alkanes of at least 4 members (excludes halogenated alkanes) is 2. The Bertz CT molecular complexity index is 339. The topological polar surface area (TPSA) is 20.2 Å². The molecule has 0 amide bonds. The fraction of sp³-hybridized carbons (Fsp3) is 0.429. The Hall–Kier alpha value is -1.24. The van der Waals surface area contributed by atoms with Gasteiger partial charge in [-0.15, -0.1) is 0 Å². The molecule has 1 heteroatoms. The summed E-state index contributed by atoms with van der Waals surface area (Å²) in [6, 6.07) is 5.74. The van der Waals surface area contributed by atoms with Crippen LogP contribution in [0.2, 0.25) is 0 Å². The van der Waals surface area contributed by atoms with E-state index in [9.17, 15) is 5.11 Å². The van der Waals surface area contributed by atoms with Gasteiger partial charge in [0.25, 0.3) is 0 Å². The predicted octanol–water partition coefficient (Wildman–Crippen LogP) is 4.16. The molecule has 0 atom stereocenters. The summed E-state index contributed by atoms with van der Waals surface area (Å²) in [7, 11) is 0. The Labute approximate surface area is 92.5 Å². The molecule has 0 fully saturated rings. The molecule has 0 saturated heterocycles. The van der Waals surface area contributed by atoms with E-state index in [0.29, 0.717) is 5.75 Å². The van der Waals surface area contributed by atoms with Crippen LogP contribution >= 0.6 is 0 Å². The third kappa shape index (κ3) is 3.43. The number of aryl methyl sites for hydroxylation is 1. The highest BCUT2D eigenvalue weighted by Crippen LogP contribution is 2.23. The van der Waals surface area contributed by atoms with Gasteiger partial charge in [0, 0.05) is 0 Å². The molecular formula is C14H20O. The van der Waals surface area contributed by atoms with Crippen molar-refractivity contribution in [1.29, 1.82) is 0 Å². The maximum Gasteiger partial charge on any atom is 0.118 e. The monoisotopic (exact) mass is 204 g/mol. The minimum atomic E-state index is 0.413. The third-order valence-corrected chi connectivity index (χ3v) is 2.62. The molecular weight excluding hydrogens is 184 g/mol. The Morgan fingerprint density at radius 2 is 2.07 bits per heavy atom. The highest BCUT2D eigenvalue weighted by molar-refractivity contribution is 5.63. The van der Waals surface area contributed by atoms with Crippen molar-refractivity contribution < 1.29 is 5.11 Å². The molecule has 1 nitrogen and oxygen atoms in total. The second-order valence-corrected chi connectivity index (χ2v) is 4.08. The van der Waals surface area contributed by atoms with Crippen LogP contribution in [-0.2, 0) is 6.42 Å². The van der Waals surface area contributed by atoms with E-state index >= 15 is 0 Å². The van der Waals surface area contributed by atoms with Crippen LogP contribution in [0.1, 0.15) is 44.2 Å². The van der Waals surface area contributed by atoms with Gasteiger partial charge in [-0.2, -0.15) is 0 Å². The predicted molar refractivity (Wildman–Crippen MR) is 66.0 cm³/mol. The van der Waals surface area contributed by atoms with Crippen LogP contribution in [0.15, 0.2) is 24.8 Å². The zero-order valence-corrected chi connectivity index (χ0v) is 9.71. The molecule has 0 saturated carbocycles. The first-order valence-corrected chi connectivity index (χ1v) is 5.63. The molecule has 0 aliphatic carbocycles. The Balaban J connectivity index is 2.76. The van der Waals surface area contributed by atoms with Crippen LogP contribution in [0.3, 0.4) is 0 Å². The van der Waals surface area contributed by atoms with Crippen LogP contribution < -0.4 is 0 Å². The maximum atomic E-state index is 9.69. The minimum Gasteiger partial charge on any atom is -0.508 e. The average molecular weight is 204 g/mol. The van der Waals surface area contributed by atoms with Crippen molar-refractivity contribution in [1.82, 2.24) is 0 Å². The van der Waals surface area contributed by atoms with E-state index < -0.39 is 0 Å². The lowest BCUT2D eigenvalue weighted by Crippen LogP contribution is -1.89. The van der Waals surface area contributed by atoms with Gasteiger partial charge in [0.1, 0.15) is 5.75 Å². The van der Waals surface area contributed by atoms with Crippen molar-refractivity contribution in [3.05, 3.63) is 35.9 Å². The summed E-state index contributed by atoms with van der Waals surface area (Å²) in [4.78, 5) is 0. The Morgan fingerprint density at radius 3 is 2.67 bits per heavy atom. The SMILES string of the molecule is C=C(C)c1ccc(O)c(CCCCC)c1. The van der Waals surface area contributed by atoms with Crippen molar-refractivity contribution in [3.63, 3.8) is 0 Å². The molecule has 1 aromatic rings. The van der Waals surface area contributed by atoms with Gasteiger partial charge in [0.05, 0.1) is 0 Å². The molecule has 15 heavy (non-hydrogen) atoms. The van der Waals surface area contributed by atoms with Gasteiger partial charge in [-0.1, -0.05) is 38.0 Å². The van der Waals surface area contributed by atoms with Gasteiger partial charge < -0.3 is 5.11 Å². The van der Waals surface area contributed by atoms with Gasteiger partial charge in [-0.25, -0.2) is 0 Å². The van der Waals surface area contributed by atoms with Gasteiger partial charge in [-0.05, 0) is 43.0 Å². The molecule has 0 radical (unpaired) electrons. The van der Waals surface area contributed by atoms with E-state index in [1.807, 2.05) is 19.1 Å². The third-order valence-electron chi connectivity index (χ3n) is 2.62. The van der Waals surface area contributed by atoms with E-state index in [1.165, 1.54) is 12.8 Å². The van der Waals surface area contributed by atoms with Crippen LogP contribution in [0.5, 0.6) is 5.75 Å². The summed E-state index contributed by atoms with van der Waals surface area (Å²) in [5.74, 6) is 0.413. The van der Waals surface area contributed by atoms with Crippen molar-refractivity contribution in [3.8, 4) is 5.75 Å². The lowest BCUT2D eigenvalue weighted by Gasteiger charge is -2.07. The Morgan fingerprint density at radius 1 is 1.33 bits per heavy atom. The minimum absolute atomic E-state index is 0.413. The molecule has 0 spiro atoms. The van der Waals surface area contributed by atoms with Crippen LogP contribution in [-0.4, -0.2) is 5.11 Å². The molecule has 0 unspecified atom stereocenters. The summed E-state index contributed by atoms with van der Waals surface area (Å²) in [5.41, 5.74) is 3.22. The molecule has 0 aromatic heterocycles. The molecule has 1 aromatic carbocycles. The summed E-state index contributed by atoms with van der Waals surface area (Å²) in [6.45, 7) is 8.08. The molecule has 1 N–H and O–H groups in total. The summed E-state index contributed by atoms with van der Waals surface area (Å²) in [5, 5.41) is 9.69. The second-order valence-electron chi connectivity index (χ2n) is 4.08. The van der Waals surface area contributed by atoms with Gasteiger partial charge in [-0.3, -0.25) is 0 Å². The number of phenols is 1. The average Bonchev–Trinajstić information content (AvgIpc) is 2.20. The summed E-state index contributed by atoms with van der Waals surface area (Å²) < 4.78 is 0. The highest BCUT2D eigenvalue weighted by atomic mass is 16.3. The van der Waals surface area contributed by atoms with Crippen molar-refractivity contribution >= 4 is 5.57 Å². The van der Waals surface area contributed by atoms with Gasteiger partial charge in [0.15, 0.2) is 0 Å². The lowest BCUT2D eigenvalue weighted by molar-refractivity contribution is 0.466. The van der Waals surface area contributed by atoms with Crippen LogP contribution in [0.4, 0.5) is 0 Å². The molecule has 0 aliphatic heterocycles. The van der Waals surface area contributed by atoms with Crippen molar-refractivity contribution in [2.45, 2.75) is 39.5 Å². The number of phenolic OH excluding ortho intramolecular Hbond substituents is 1. The van der Waals surface area contributed by atoms with Crippen molar-refractivity contribution in [2.75, 3.05) is 0 Å². The van der Waals surface area contributed by atoms with E-state index in [4.69, 9.17) is 0 Å². The van der Waals surface area contributed by atoms with Crippen LogP contribution in [0.25, 0.3) is 5.57 Å². The Kier molecular flexibility index (Phi) is 4.41. The first-order valence-electron chi connectivity index (χ1n) is 5.63. The van der Waals surface area contributed by atoms with Gasteiger partial charge >= 0.3 is 0 Å². The molecule has 0 aliphatic rings. The molecule has 0 bridgehead atoms. The maximum absolute atomic E-state index is 9.69. The lowest BCUT2D eigenvalue weighted by atomic mass is 10.0. The molecule has 1 rings (SSSR count). The fourth-order valence-electron chi connectivity index (χ4n) is 1.62. The molecule has 0 heterocycles. The zero-order valence-electron chi connectivity index (χ0n) is 9.71. The first kappa shape index (κ1) is 11.8. The highest BCUT2D eigenvalue weighted by Gasteiger charge is 2.02. The summed E-state index contributed by atoms with van der Waals surface area (Å²) in [6.07, 6.45) is 4.53. The quantitative estimate of drug-likeness (QED) is 0.714. The molecule has 82 valence electrons. The largest absolute Gasteiger partial charge is 0.508 e. The number of benzene rings is 1. The standard InChI is InChI=1S/C14H20O/c1-4-5-6-7-13-10-12(11(2)3)8-9-14(13)15/h8-10,15H,2,4-7H2,1,3H3.